The molecule has 2 aromatic carbocycles. The van der Waals surface area contributed by atoms with Gasteiger partial charge in [-0.05, 0) is 29.2 Å². The van der Waals surface area contributed by atoms with Gasteiger partial charge in [-0.1, -0.05) is 43.3 Å². The predicted octanol–water partition coefficient (Wildman–Crippen LogP) is 4.10. The fourth-order valence-corrected chi connectivity index (χ4v) is 2.42. The van der Waals surface area contributed by atoms with Crippen molar-refractivity contribution in [3.05, 3.63) is 59.8 Å². The summed E-state index contributed by atoms with van der Waals surface area (Å²) in [5, 5.41) is 9.84. The van der Waals surface area contributed by atoms with Crippen LogP contribution in [0, 0.1) is 0 Å². The number of hydrogen-bond acceptors (Lipinski definition) is 1. The van der Waals surface area contributed by atoms with Crippen LogP contribution in [0.25, 0.3) is 22.0 Å². The number of aromatic nitrogens is 1. The molecular weight excluding hydrogens is 250 g/mol. The average molecular weight is 265 g/mol. The van der Waals surface area contributed by atoms with Crippen LogP contribution in [-0.2, 0) is 6.42 Å². The highest BCUT2D eigenvalue weighted by Gasteiger charge is 2.10. The molecule has 0 fully saturated rings. The van der Waals surface area contributed by atoms with Crippen LogP contribution >= 0.6 is 0 Å². The fourth-order valence-electron chi connectivity index (χ4n) is 2.42. The Labute approximate surface area is 116 Å². The molecule has 3 aromatic rings. The number of nitrogens with one attached hydrogen (secondary N) is 1. The second kappa shape index (κ2) is 4.85. The van der Waals surface area contributed by atoms with E-state index in [2.05, 4.69) is 36.2 Å². The third-order valence-corrected chi connectivity index (χ3v) is 3.61. The molecule has 3 heteroatoms. The van der Waals surface area contributed by atoms with Gasteiger partial charge >= 0.3 is 5.97 Å². The molecule has 0 spiro atoms. The van der Waals surface area contributed by atoms with Crippen LogP contribution in [-0.4, -0.2) is 16.1 Å². The van der Waals surface area contributed by atoms with E-state index in [1.807, 2.05) is 18.2 Å². The second-order valence-electron chi connectivity index (χ2n) is 4.82. The minimum absolute atomic E-state index is 0.313. The Kier molecular flexibility index (Phi) is 3.03. The van der Waals surface area contributed by atoms with Gasteiger partial charge in [-0.25, -0.2) is 4.79 Å². The second-order valence-corrected chi connectivity index (χ2v) is 4.82. The monoisotopic (exact) mass is 265 g/mol. The predicted molar refractivity (Wildman–Crippen MR) is 80.1 cm³/mol. The molecule has 0 atom stereocenters. The number of rotatable bonds is 3. The van der Waals surface area contributed by atoms with Crippen molar-refractivity contribution in [1.29, 1.82) is 0 Å². The first kappa shape index (κ1) is 12.5. The number of fused-ring (bicyclic) bond motifs is 1. The van der Waals surface area contributed by atoms with E-state index >= 15 is 0 Å². The number of H-pyrrole nitrogens is 1. The number of aromatic carboxylic acids is 1. The van der Waals surface area contributed by atoms with Crippen LogP contribution < -0.4 is 0 Å². The van der Waals surface area contributed by atoms with Crippen molar-refractivity contribution < 1.29 is 9.90 Å². The molecule has 0 saturated heterocycles. The molecule has 0 aliphatic heterocycles. The SMILES string of the molecule is CCc1ccc(-c2ccc3c(C(=O)O)c[nH]c3c2)cc1. The van der Waals surface area contributed by atoms with Crippen LogP contribution in [0.4, 0.5) is 0 Å². The Balaban J connectivity index is 2.06. The van der Waals surface area contributed by atoms with E-state index in [1.165, 1.54) is 11.8 Å². The van der Waals surface area contributed by atoms with Crippen molar-refractivity contribution in [1.82, 2.24) is 4.98 Å². The molecule has 2 N–H and O–H groups in total. The Morgan fingerprint density at radius 3 is 2.45 bits per heavy atom. The molecule has 100 valence electrons. The lowest BCUT2D eigenvalue weighted by molar-refractivity contribution is 0.0699. The Morgan fingerprint density at radius 1 is 1.10 bits per heavy atom. The van der Waals surface area contributed by atoms with E-state index < -0.39 is 5.97 Å². The van der Waals surface area contributed by atoms with Gasteiger partial charge in [0.05, 0.1) is 5.56 Å². The molecule has 1 aromatic heterocycles. The van der Waals surface area contributed by atoms with Gasteiger partial charge in [-0.15, -0.1) is 0 Å². The molecule has 0 aliphatic rings. The molecule has 1 heterocycles. The third kappa shape index (κ3) is 2.07. The number of benzene rings is 2. The van der Waals surface area contributed by atoms with Gasteiger partial charge in [0.15, 0.2) is 0 Å². The standard InChI is InChI=1S/C17H15NO2/c1-2-11-3-5-12(6-4-11)13-7-8-14-15(17(19)20)10-18-16(14)9-13/h3-10,18H,2H2,1H3,(H,19,20). The molecule has 0 aliphatic carbocycles. The first-order valence-electron chi connectivity index (χ1n) is 6.63. The summed E-state index contributed by atoms with van der Waals surface area (Å²) in [7, 11) is 0. The maximum atomic E-state index is 11.1. The number of carbonyl (C=O) groups is 1. The van der Waals surface area contributed by atoms with Gasteiger partial charge in [0, 0.05) is 17.1 Å². The van der Waals surface area contributed by atoms with Gasteiger partial charge in [0.1, 0.15) is 0 Å². The highest BCUT2D eigenvalue weighted by Crippen LogP contribution is 2.26. The van der Waals surface area contributed by atoms with Gasteiger partial charge < -0.3 is 10.1 Å². The topological polar surface area (TPSA) is 53.1 Å². The number of carboxylic acids is 1. The first-order valence-corrected chi connectivity index (χ1v) is 6.63. The highest BCUT2D eigenvalue weighted by molar-refractivity contribution is 6.04. The minimum Gasteiger partial charge on any atom is -0.478 e. The van der Waals surface area contributed by atoms with E-state index in [0.29, 0.717) is 5.56 Å². The fraction of sp³-hybridized carbons (Fsp3) is 0.118. The number of aromatic amines is 1. The zero-order valence-corrected chi connectivity index (χ0v) is 11.2. The molecular formula is C17H15NO2. The van der Waals surface area contributed by atoms with E-state index in [0.717, 1.165) is 28.5 Å². The summed E-state index contributed by atoms with van der Waals surface area (Å²) < 4.78 is 0. The summed E-state index contributed by atoms with van der Waals surface area (Å²) in [5.41, 5.74) is 4.68. The van der Waals surface area contributed by atoms with Gasteiger partial charge in [0.25, 0.3) is 0 Å². The largest absolute Gasteiger partial charge is 0.478 e. The summed E-state index contributed by atoms with van der Waals surface area (Å²) >= 11 is 0. The van der Waals surface area contributed by atoms with Crippen molar-refractivity contribution in [2.75, 3.05) is 0 Å². The summed E-state index contributed by atoms with van der Waals surface area (Å²) in [4.78, 5) is 14.1. The maximum Gasteiger partial charge on any atom is 0.337 e. The normalized spacial score (nSPS) is 10.8. The van der Waals surface area contributed by atoms with Crippen LogP contribution in [0.1, 0.15) is 22.8 Å². The Morgan fingerprint density at radius 2 is 1.80 bits per heavy atom. The smallest absolute Gasteiger partial charge is 0.337 e. The molecule has 0 amide bonds. The Bertz CT molecular complexity index is 769. The van der Waals surface area contributed by atoms with Gasteiger partial charge in [-0.3, -0.25) is 0 Å². The lowest BCUT2D eigenvalue weighted by Gasteiger charge is -2.04. The lowest BCUT2D eigenvalue weighted by atomic mass is 10.0. The molecule has 0 bridgehead atoms. The molecule has 0 saturated carbocycles. The van der Waals surface area contributed by atoms with Crippen LogP contribution in [0.5, 0.6) is 0 Å². The summed E-state index contributed by atoms with van der Waals surface area (Å²) in [5.74, 6) is -0.906. The zero-order chi connectivity index (χ0) is 14.1. The van der Waals surface area contributed by atoms with E-state index in [1.54, 1.807) is 0 Å². The molecule has 3 rings (SSSR count). The van der Waals surface area contributed by atoms with Crippen molar-refractivity contribution in [3.63, 3.8) is 0 Å². The highest BCUT2D eigenvalue weighted by atomic mass is 16.4. The number of aryl methyl sites for hydroxylation is 1. The van der Waals surface area contributed by atoms with Crippen LogP contribution in [0.2, 0.25) is 0 Å². The number of hydrogen-bond donors (Lipinski definition) is 2. The average Bonchev–Trinajstić information content (AvgIpc) is 2.90. The quantitative estimate of drug-likeness (QED) is 0.749. The molecule has 20 heavy (non-hydrogen) atoms. The van der Waals surface area contributed by atoms with Gasteiger partial charge in [0.2, 0.25) is 0 Å². The molecule has 0 unspecified atom stereocenters. The minimum atomic E-state index is -0.906. The van der Waals surface area contributed by atoms with Crippen molar-refractivity contribution in [2.45, 2.75) is 13.3 Å². The van der Waals surface area contributed by atoms with Crippen molar-refractivity contribution in [3.8, 4) is 11.1 Å². The van der Waals surface area contributed by atoms with Crippen LogP contribution in [0.15, 0.2) is 48.7 Å². The van der Waals surface area contributed by atoms with Gasteiger partial charge in [-0.2, -0.15) is 0 Å². The van der Waals surface area contributed by atoms with E-state index in [9.17, 15) is 4.79 Å². The zero-order valence-electron chi connectivity index (χ0n) is 11.2. The van der Waals surface area contributed by atoms with E-state index in [-0.39, 0.29) is 0 Å². The van der Waals surface area contributed by atoms with E-state index in [4.69, 9.17) is 5.11 Å². The summed E-state index contributed by atoms with van der Waals surface area (Å²) in [6, 6.07) is 14.3. The third-order valence-electron chi connectivity index (χ3n) is 3.61. The Hall–Kier alpha value is -2.55. The molecule has 0 radical (unpaired) electrons. The maximum absolute atomic E-state index is 11.1. The van der Waals surface area contributed by atoms with Crippen molar-refractivity contribution in [2.24, 2.45) is 0 Å². The summed E-state index contributed by atoms with van der Waals surface area (Å²) in [6.45, 7) is 2.13. The number of carboxylic acid groups (broad SMARTS) is 1. The molecule has 3 nitrogen and oxygen atoms in total. The van der Waals surface area contributed by atoms with Crippen LogP contribution in [0.3, 0.4) is 0 Å². The summed E-state index contributed by atoms with van der Waals surface area (Å²) in [6.07, 6.45) is 2.56. The lowest BCUT2D eigenvalue weighted by Crippen LogP contribution is -1.93. The van der Waals surface area contributed by atoms with Crippen molar-refractivity contribution >= 4 is 16.9 Å². The first-order chi connectivity index (χ1) is 9.69.